The highest BCUT2D eigenvalue weighted by Crippen LogP contribution is 2.38. The Bertz CT molecular complexity index is 541. The molecule has 6 heteroatoms. The Labute approximate surface area is 113 Å². The molecule has 0 aliphatic heterocycles. The zero-order valence-electron chi connectivity index (χ0n) is 10.7. The number of sulfonamides is 1. The van der Waals surface area contributed by atoms with Gasteiger partial charge in [-0.2, -0.15) is 0 Å². The molecule has 0 amide bonds. The average Bonchev–Trinajstić information content (AvgIpc) is 3.13. The summed E-state index contributed by atoms with van der Waals surface area (Å²) in [5.41, 5.74) is 0. The van der Waals surface area contributed by atoms with Crippen molar-refractivity contribution in [2.75, 3.05) is 13.2 Å². The maximum atomic E-state index is 11.8. The molecule has 104 valence electrons. The zero-order chi connectivity index (χ0) is 13.9. The molecule has 5 nitrogen and oxygen atoms in total. The SMILES string of the molecule is C[C@@H]1C[C@@H]1C(=O)OCCNS(=O)(=O)c1ccccc1. The number of carbonyl (C=O) groups is 1. The van der Waals surface area contributed by atoms with Crippen LogP contribution in [0.2, 0.25) is 0 Å². The molecule has 1 aliphatic carbocycles. The van der Waals surface area contributed by atoms with Crippen molar-refractivity contribution in [3.05, 3.63) is 30.3 Å². The Balaban J connectivity index is 1.75. The number of ether oxygens (including phenoxy) is 1. The Hall–Kier alpha value is -1.40. The van der Waals surface area contributed by atoms with Gasteiger partial charge in [0.2, 0.25) is 10.0 Å². The summed E-state index contributed by atoms with van der Waals surface area (Å²) in [5, 5.41) is 0. The third-order valence-corrected chi connectivity index (χ3v) is 4.58. The second kappa shape index (κ2) is 5.71. The molecule has 1 saturated carbocycles. The second-order valence-electron chi connectivity index (χ2n) is 4.70. The van der Waals surface area contributed by atoms with Crippen LogP contribution in [0.4, 0.5) is 0 Å². The minimum absolute atomic E-state index is 0.00531. The number of nitrogens with one attached hydrogen (secondary N) is 1. The zero-order valence-corrected chi connectivity index (χ0v) is 11.5. The lowest BCUT2D eigenvalue weighted by Gasteiger charge is -2.07. The predicted octanol–water partition coefficient (Wildman–Crippen LogP) is 1.16. The lowest BCUT2D eigenvalue weighted by Crippen LogP contribution is -2.28. The van der Waals surface area contributed by atoms with Crippen molar-refractivity contribution >= 4 is 16.0 Å². The van der Waals surface area contributed by atoms with Gasteiger partial charge in [-0.1, -0.05) is 25.1 Å². The van der Waals surface area contributed by atoms with Crippen molar-refractivity contribution in [1.82, 2.24) is 4.72 Å². The van der Waals surface area contributed by atoms with E-state index in [1.165, 1.54) is 12.1 Å². The Morgan fingerprint density at radius 1 is 1.37 bits per heavy atom. The van der Waals surface area contributed by atoms with Gasteiger partial charge < -0.3 is 4.74 Å². The summed E-state index contributed by atoms with van der Waals surface area (Å²) >= 11 is 0. The van der Waals surface area contributed by atoms with E-state index in [2.05, 4.69) is 4.72 Å². The van der Waals surface area contributed by atoms with E-state index in [1.807, 2.05) is 6.92 Å². The molecule has 2 atom stereocenters. The van der Waals surface area contributed by atoms with Crippen LogP contribution in [0, 0.1) is 11.8 Å². The van der Waals surface area contributed by atoms with Crippen molar-refractivity contribution < 1.29 is 17.9 Å². The summed E-state index contributed by atoms with van der Waals surface area (Å²) < 4.78 is 31.0. The minimum atomic E-state index is -3.51. The molecule has 2 rings (SSSR count). The van der Waals surface area contributed by atoms with E-state index in [0.29, 0.717) is 5.92 Å². The number of rotatable bonds is 6. The first-order valence-corrected chi connectivity index (χ1v) is 7.70. The standard InChI is InChI=1S/C13H17NO4S/c1-10-9-12(10)13(15)18-8-7-14-19(16,17)11-5-3-2-4-6-11/h2-6,10,12,14H,7-9H2,1H3/t10-,12+/m1/s1. The highest BCUT2D eigenvalue weighted by molar-refractivity contribution is 7.89. The maximum absolute atomic E-state index is 11.8. The largest absolute Gasteiger partial charge is 0.464 e. The van der Waals surface area contributed by atoms with Gasteiger partial charge >= 0.3 is 5.97 Å². The molecule has 1 aromatic carbocycles. The van der Waals surface area contributed by atoms with Crippen LogP contribution in [0.5, 0.6) is 0 Å². The quantitative estimate of drug-likeness (QED) is 0.628. The third kappa shape index (κ3) is 3.78. The summed E-state index contributed by atoms with van der Waals surface area (Å²) in [4.78, 5) is 11.6. The second-order valence-corrected chi connectivity index (χ2v) is 6.46. The predicted molar refractivity (Wildman–Crippen MR) is 69.9 cm³/mol. The first kappa shape index (κ1) is 14.0. The molecule has 19 heavy (non-hydrogen) atoms. The van der Waals surface area contributed by atoms with E-state index in [1.54, 1.807) is 18.2 Å². The van der Waals surface area contributed by atoms with E-state index >= 15 is 0 Å². The van der Waals surface area contributed by atoms with E-state index in [4.69, 9.17) is 4.74 Å². The number of carbonyl (C=O) groups excluding carboxylic acids is 1. The average molecular weight is 283 g/mol. The van der Waals surface area contributed by atoms with Crippen LogP contribution < -0.4 is 4.72 Å². The van der Waals surface area contributed by atoms with Crippen molar-refractivity contribution in [3.63, 3.8) is 0 Å². The first-order chi connectivity index (χ1) is 9.00. The highest BCUT2D eigenvalue weighted by Gasteiger charge is 2.40. The van der Waals surface area contributed by atoms with E-state index < -0.39 is 10.0 Å². The molecule has 0 saturated heterocycles. The molecular weight excluding hydrogens is 266 g/mol. The normalized spacial score (nSPS) is 21.9. The number of hydrogen-bond acceptors (Lipinski definition) is 4. The molecule has 1 N–H and O–H groups in total. The van der Waals surface area contributed by atoms with Gasteiger partial charge in [-0.05, 0) is 24.5 Å². The molecule has 0 bridgehead atoms. The van der Waals surface area contributed by atoms with Crippen molar-refractivity contribution in [2.45, 2.75) is 18.2 Å². The minimum Gasteiger partial charge on any atom is -0.464 e. The molecule has 0 unspecified atom stereocenters. The topological polar surface area (TPSA) is 72.5 Å². The summed E-state index contributed by atoms with van der Waals surface area (Å²) in [6.45, 7) is 2.14. The smallest absolute Gasteiger partial charge is 0.309 e. The van der Waals surface area contributed by atoms with Crippen molar-refractivity contribution in [3.8, 4) is 0 Å². The molecule has 1 fully saturated rings. The Morgan fingerprint density at radius 2 is 2.00 bits per heavy atom. The van der Waals surface area contributed by atoms with E-state index in [0.717, 1.165) is 6.42 Å². The van der Waals surface area contributed by atoms with Gasteiger partial charge in [0, 0.05) is 6.54 Å². The van der Waals surface area contributed by atoms with Crippen LogP contribution in [0.25, 0.3) is 0 Å². The van der Waals surface area contributed by atoms with Gasteiger partial charge in [0.25, 0.3) is 0 Å². The van der Waals surface area contributed by atoms with Crippen LogP contribution in [0.15, 0.2) is 35.2 Å². The van der Waals surface area contributed by atoms with Gasteiger partial charge in [-0.15, -0.1) is 0 Å². The molecule has 0 heterocycles. The first-order valence-electron chi connectivity index (χ1n) is 6.22. The number of benzene rings is 1. The maximum Gasteiger partial charge on any atom is 0.309 e. The molecular formula is C13H17NO4S. The lowest BCUT2D eigenvalue weighted by molar-refractivity contribution is -0.145. The van der Waals surface area contributed by atoms with E-state index in [-0.39, 0.29) is 29.9 Å². The molecule has 0 aromatic heterocycles. The summed E-state index contributed by atoms with van der Waals surface area (Å²) in [7, 11) is -3.51. The van der Waals surface area contributed by atoms with Crippen LogP contribution in [-0.2, 0) is 19.6 Å². The van der Waals surface area contributed by atoms with Crippen LogP contribution in [0.3, 0.4) is 0 Å². The summed E-state index contributed by atoms with van der Waals surface area (Å²) in [5.74, 6) is 0.172. The van der Waals surface area contributed by atoms with Gasteiger partial charge in [0.05, 0.1) is 10.8 Å². The Kier molecular flexibility index (Phi) is 4.21. The van der Waals surface area contributed by atoms with Crippen molar-refractivity contribution in [2.24, 2.45) is 11.8 Å². The molecule has 1 aromatic rings. The monoisotopic (exact) mass is 283 g/mol. The van der Waals surface area contributed by atoms with Gasteiger partial charge in [-0.25, -0.2) is 13.1 Å². The van der Waals surface area contributed by atoms with Gasteiger partial charge in [-0.3, -0.25) is 4.79 Å². The fourth-order valence-corrected chi connectivity index (χ4v) is 2.80. The van der Waals surface area contributed by atoms with Gasteiger partial charge in [0.15, 0.2) is 0 Å². The fourth-order valence-electron chi connectivity index (χ4n) is 1.77. The van der Waals surface area contributed by atoms with Crippen LogP contribution in [-0.4, -0.2) is 27.5 Å². The number of hydrogen-bond donors (Lipinski definition) is 1. The lowest BCUT2D eigenvalue weighted by atomic mass is 10.3. The van der Waals surface area contributed by atoms with Crippen molar-refractivity contribution in [1.29, 1.82) is 0 Å². The van der Waals surface area contributed by atoms with Gasteiger partial charge in [0.1, 0.15) is 6.61 Å². The molecule has 0 radical (unpaired) electrons. The van der Waals surface area contributed by atoms with E-state index in [9.17, 15) is 13.2 Å². The van der Waals surface area contributed by atoms with Crippen LogP contribution in [0.1, 0.15) is 13.3 Å². The molecule has 1 aliphatic rings. The third-order valence-electron chi connectivity index (χ3n) is 3.10. The highest BCUT2D eigenvalue weighted by atomic mass is 32.2. The Morgan fingerprint density at radius 3 is 2.58 bits per heavy atom. The summed E-state index contributed by atoms with van der Waals surface area (Å²) in [6.07, 6.45) is 0.870. The molecule has 0 spiro atoms. The number of esters is 1. The summed E-state index contributed by atoms with van der Waals surface area (Å²) in [6, 6.07) is 8.09. The van der Waals surface area contributed by atoms with Crippen LogP contribution >= 0.6 is 0 Å². The fraction of sp³-hybridized carbons (Fsp3) is 0.462.